The molecular formula is C13H15N3O3. The van der Waals surface area contributed by atoms with Crippen LogP contribution in [0.3, 0.4) is 0 Å². The third-order valence-corrected chi connectivity index (χ3v) is 3.61. The van der Waals surface area contributed by atoms with Gasteiger partial charge in [0.15, 0.2) is 0 Å². The number of nitrogens with zero attached hydrogens (tertiary/aromatic N) is 1. The van der Waals surface area contributed by atoms with Crippen LogP contribution in [0.15, 0.2) is 24.3 Å². The quantitative estimate of drug-likeness (QED) is 0.753. The van der Waals surface area contributed by atoms with Crippen LogP contribution in [0.4, 0.5) is 10.5 Å². The van der Waals surface area contributed by atoms with E-state index < -0.39 is 11.6 Å². The van der Waals surface area contributed by atoms with E-state index in [1.165, 1.54) is 4.90 Å². The number of urea groups is 1. The third kappa shape index (κ3) is 1.80. The molecule has 0 aromatic heterocycles. The molecular weight excluding hydrogens is 246 g/mol. The van der Waals surface area contributed by atoms with Gasteiger partial charge in [-0.3, -0.25) is 4.79 Å². The van der Waals surface area contributed by atoms with Crippen molar-refractivity contribution in [2.45, 2.75) is 18.5 Å². The fourth-order valence-corrected chi connectivity index (χ4v) is 2.47. The summed E-state index contributed by atoms with van der Waals surface area (Å²) in [5.74, 6) is -0.240. The molecule has 2 fully saturated rings. The van der Waals surface area contributed by atoms with Crippen molar-refractivity contribution >= 4 is 17.6 Å². The number of nitrogens with one attached hydrogen (secondary N) is 1. The summed E-state index contributed by atoms with van der Waals surface area (Å²) >= 11 is 0. The highest BCUT2D eigenvalue weighted by Gasteiger charge is 2.53. The van der Waals surface area contributed by atoms with E-state index in [1.807, 2.05) is 12.1 Å². The van der Waals surface area contributed by atoms with Crippen LogP contribution in [0.5, 0.6) is 0 Å². The van der Waals surface area contributed by atoms with E-state index in [1.54, 1.807) is 12.1 Å². The summed E-state index contributed by atoms with van der Waals surface area (Å²) in [7, 11) is 0. The van der Waals surface area contributed by atoms with Crippen molar-refractivity contribution in [1.29, 1.82) is 0 Å². The first-order chi connectivity index (χ1) is 9.16. The molecule has 2 aliphatic heterocycles. The molecule has 3 amide bonds. The van der Waals surface area contributed by atoms with Gasteiger partial charge in [0.05, 0.1) is 12.3 Å². The molecule has 3 rings (SSSR count). The maximum absolute atomic E-state index is 12.4. The lowest BCUT2D eigenvalue weighted by Gasteiger charge is -2.18. The number of ether oxygens (including phenoxy) is 1. The minimum atomic E-state index is -0.871. The Hall–Kier alpha value is -1.92. The Balaban J connectivity index is 1.91. The summed E-state index contributed by atoms with van der Waals surface area (Å²) < 4.78 is 5.24. The van der Waals surface area contributed by atoms with Crippen LogP contribution in [0, 0.1) is 0 Å². The second-order valence-corrected chi connectivity index (χ2v) is 4.83. The summed E-state index contributed by atoms with van der Waals surface area (Å²) in [6.07, 6.45) is 0.523. The summed E-state index contributed by atoms with van der Waals surface area (Å²) in [5.41, 5.74) is 6.17. The van der Waals surface area contributed by atoms with Crippen LogP contribution in [-0.4, -0.2) is 30.7 Å². The molecule has 1 aromatic carbocycles. The molecule has 1 unspecified atom stereocenters. The minimum absolute atomic E-state index is 0.240. The number of anilines is 1. The average Bonchev–Trinajstić information content (AvgIpc) is 2.97. The van der Waals surface area contributed by atoms with Crippen molar-refractivity contribution in [3.63, 3.8) is 0 Å². The molecule has 1 aromatic rings. The molecule has 0 aliphatic carbocycles. The van der Waals surface area contributed by atoms with Gasteiger partial charge in [-0.2, -0.15) is 0 Å². The number of amides is 3. The number of carbonyl (C=O) groups is 2. The Labute approximate surface area is 110 Å². The average molecular weight is 261 g/mol. The molecule has 0 saturated carbocycles. The van der Waals surface area contributed by atoms with Crippen LogP contribution in [0.1, 0.15) is 12.0 Å². The Bertz CT molecular complexity index is 520. The largest absolute Gasteiger partial charge is 0.378 e. The van der Waals surface area contributed by atoms with Crippen LogP contribution >= 0.6 is 0 Å². The predicted octanol–water partition coefficient (Wildman–Crippen LogP) is 0.361. The highest BCUT2D eigenvalue weighted by molar-refractivity contribution is 6.23. The number of hydrogen-bond donors (Lipinski definition) is 2. The van der Waals surface area contributed by atoms with Gasteiger partial charge >= 0.3 is 6.03 Å². The molecule has 6 heteroatoms. The lowest BCUT2D eigenvalue weighted by Crippen LogP contribution is -2.47. The summed E-state index contributed by atoms with van der Waals surface area (Å²) in [5, 5.41) is 2.74. The smallest absolute Gasteiger partial charge is 0.329 e. The molecule has 2 aliphatic rings. The Kier molecular flexibility index (Phi) is 2.76. The van der Waals surface area contributed by atoms with Gasteiger partial charge < -0.3 is 15.8 Å². The van der Waals surface area contributed by atoms with Crippen molar-refractivity contribution in [2.75, 3.05) is 18.1 Å². The molecule has 6 nitrogen and oxygen atoms in total. The van der Waals surface area contributed by atoms with E-state index in [4.69, 9.17) is 10.5 Å². The van der Waals surface area contributed by atoms with E-state index >= 15 is 0 Å². The van der Waals surface area contributed by atoms with Crippen LogP contribution in [0.2, 0.25) is 0 Å². The predicted molar refractivity (Wildman–Crippen MR) is 68.5 cm³/mol. The zero-order valence-electron chi connectivity index (χ0n) is 10.4. The Morgan fingerprint density at radius 1 is 1.32 bits per heavy atom. The summed E-state index contributed by atoms with van der Waals surface area (Å²) in [4.78, 5) is 25.6. The first-order valence-electron chi connectivity index (χ1n) is 6.20. The van der Waals surface area contributed by atoms with Gasteiger partial charge in [-0.05, 0) is 17.7 Å². The van der Waals surface area contributed by atoms with E-state index in [0.717, 1.165) is 5.56 Å². The van der Waals surface area contributed by atoms with Gasteiger partial charge in [-0.1, -0.05) is 12.1 Å². The number of carbonyl (C=O) groups excluding carboxylic acids is 2. The molecule has 19 heavy (non-hydrogen) atoms. The van der Waals surface area contributed by atoms with Crippen molar-refractivity contribution < 1.29 is 14.3 Å². The first kappa shape index (κ1) is 12.1. The molecule has 2 heterocycles. The van der Waals surface area contributed by atoms with Crippen LogP contribution in [-0.2, 0) is 16.1 Å². The molecule has 100 valence electrons. The molecule has 0 bridgehead atoms. The Morgan fingerprint density at radius 2 is 2.05 bits per heavy atom. The van der Waals surface area contributed by atoms with Gasteiger partial charge in [0, 0.05) is 19.6 Å². The maximum atomic E-state index is 12.4. The molecule has 2 saturated heterocycles. The zero-order chi connectivity index (χ0) is 13.5. The summed E-state index contributed by atoms with van der Waals surface area (Å²) in [6, 6.07) is 6.69. The number of hydrogen-bond acceptors (Lipinski definition) is 4. The van der Waals surface area contributed by atoms with Gasteiger partial charge in [-0.25, -0.2) is 9.69 Å². The second kappa shape index (κ2) is 4.32. The number of benzene rings is 1. The van der Waals surface area contributed by atoms with Gasteiger partial charge in [-0.15, -0.1) is 0 Å². The van der Waals surface area contributed by atoms with Gasteiger partial charge in [0.2, 0.25) is 0 Å². The van der Waals surface area contributed by atoms with Crippen LogP contribution in [0.25, 0.3) is 0 Å². The lowest BCUT2D eigenvalue weighted by atomic mass is 9.99. The van der Waals surface area contributed by atoms with Crippen molar-refractivity contribution in [1.82, 2.24) is 5.32 Å². The topological polar surface area (TPSA) is 84.7 Å². The first-order valence-corrected chi connectivity index (χ1v) is 6.20. The van der Waals surface area contributed by atoms with Gasteiger partial charge in [0.1, 0.15) is 5.54 Å². The lowest BCUT2D eigenvalue weighted by molar-refractivity contribution is -0.122. The van der Waals surface area contributed by atoms with Crippen molar-refractivity contribution in [3.05, 3.63) is 29.8 Å². The molecule has 0 radical (unpaired) electrons. The number of imide groups is 1. The van der Waals surface area contributed by atoms with E-state index in [2.05, 4.69) is 5.32 Å². The number of rotatable bonds is 2. The van der Waals surface area contributed by atoms with Crippen molar-refractivity contribution in [3.8, 4) is 0 Å². The summed E-state index contributed by atoms with van der Waals surface area (Å²) in [6.45, 7) is 1.17. The fraction of sp³-hybridized carbons (Fsp3) is 0.385. The van der Waals surface area contributed by atoms with Gasteiger partial charge in [0.25, 0.3) is 5.91 Å². The Morgan fingerprint density at radius 3 is 2.63 bits per heavy atom. The molecule has 1 atom stereocenters. The highest BCUT2D eigenvalue weighted by Crippen LogP contribution is 2.30. The zero-order valence-corrected chi connectivity index (χ0v) is 10.4. The molecule has 3 N–H and O–H groups in total. The van der Waals surface area contributed by atoms with Crippen LogP contribution < -0.4 is 16.0 Å². The minimum Gasteiger partial charge on any atom is -0.378 e. The normalized spacial score (nSPS) is 26.3. The monoisotopic (exact) mass is 261 g/mol. The van der Waals surface area contributed by atoms with E-state index in [9.17, 15) is 9.59 Å². The highest BCUT2D eigenvalue weighted by atomic mass is 16.5. The second-order valence-electron chi connectivity index (χ2n) is 4.83. The standard InChI is InChI=1S/C13H15N3O3/c14-7-9-1-3-10(4-2-9)16-11(17)13(15-12(16)18)5-6-19-8-13/h1-4H,5-8,14H2,(H,15,18). The fourth-order valence-electron chi connectivity index (χ4n) is 2.47. The molecule has 1 spiro atoms. The number of nitrogens with two attached hydrogens (primary N) is 1. The van der Waals surface area contributed by atoms with E-state index in [-0.39, 0.29) is 12.5 Å². The maximum Gasteiger partial charge on any atom is 0.329 e. The third-order valence-electron chi connectivity index (χ3n) is 3.61. The van der Waals surface area contributed by atoms with E-state index in [0.29, 0.717) is 25.3 Å². The van der Waals surface area contributed by atoms with Crippen molar-refractivity contribution in [2.24, 2.45) is 5.73 Å². The SMILES string of the molecule is NCc1ccc(N2C(=O)NC3(CCOC3)C2=O)cc1.